The summed E-state index contributed by atoms with van der Waals surface area (Å²) in [6.45, 7) is 0.425. The molecule has 0 saturated carbocycles. The van der Waals surface area contributed by atoms with Crippen molar-refractivity contribution in [2.75, 3.05) is 6.54 Å². The minimum atomic E-state index is -1.62. The van der Waals surface area contributed by atoms with E-state index in [0.29, 0.717) is 12.3 Å². The van der Waals surface area contributed by atoms with E-state index in [0.717, 1.165) is 0 Å². The Morgan fingerprint density at radius 3 is 2.90 bits per heavy atom. The predicted molar refractivity (Wildman–Crippen MR) is 40.1 cm³/mol. The van der Waals surface area contributed by atoms with Crippen LogP contribution in [-0.4, -0.2) is 35.8 Å². The molecule has 0 aromatic carbocycles. The molecule has 1 rings (SSSR count). The van der Waals surface area contributed by atoms with Crippen LogP contribution in [0.25, 0.3) is 0 Å². The summed E-state index contributed by atoms with van der Waals surface area (Å²) in [7, 11) is -1.62. The fourth-order valence-electron chi connectivity index (χ4n) is 0.646. The second kappa shape index (κ2) is 3.29. The highest BCUT2D eigenvalue weighted by Gasteiger charge is 2.05. The van der Waals surface area contributed by atoms with E-state index in [4.69, 9.17) is 10.0 Å². The summed E-state index contributed by atoms with van der Waals surface area (Å²) in [5, 5.41) is 16.8. The van der Waals surface area contributed by atoms with Crippen LogP contribution in [0.15, 0.2) is 22.0 Å². The first-order valence-corrected chi connectivity index (χ1v) is 2.88. The zero-order valence-electron chi connectivity index (χ0n) is 5.31. The van der Waals surface area contributed by atoms with Crippen LogP contribution in [-0.2, 0) is 0 Å². The molecule has 0 amide bonds. The summed E-state index contributed by atoms with van der Waals surface area (Å²) in [4.78, 5) is 7.31. The lowest BCUT2D eigenvalue weighted by atomic mass is 10.1. The molecule has 0 bridgehead atoms. The number of hydrogen-bond donors (Lipinski definition) is 2. The van der Waals surface area contributed by atoms with E-state index in [1.165, 1.54) is 0 Å². The fraction of sp³-hybridized carbons (Fsp3) is 0.200. The molecule has 0 radical (unpaired) electrons. The number of allylic oxidation sites excluding steroid dienone is 1. The van der Waals surface area contributed by atoms with Crippen molar-refractivity contribution < 1.29 is 10.0 Å². The minimum absolute atomic E-state index is 0.425. The number of aliphatic imine (C=N–C) groups is 1. The van der Waals surface area contributed by atoms with Gasteiger partial charge in [0, 0.05) is 11.9 Å². The van der Waals surface area contributed by atoms with E-state index >= 15 is 0 Å². The number of hydrogen-bond acceptors (Lipinski definition) is 4. The SMILES string of the molecule is OB(O)N=C1C=CC=NC1. The van der Waals surface area contributed by atoms with Crippen LogP contribution in [0.2, 0.25) is 0 Å². The average Bonchev–Trinajstić information content (AvgIpc) is 1.88. The zero-order chi connectivity index (χ0) is 7.40. The van der Waals surface area contributed by atoms with Crippen molar-refractivity contribution in [2.24, 2.45) is 9.90 Å². The Morgan fingerprint density at radius 2 is 2.40 bits per heavy atom. The topological polar surface area (TPSA) is 65.2 Å². The molecule has 1 aliphatic rings. The number of rotatable bonds is 1. The molecular formula is C5H7BN2O2. The second-order valence-electron chi connectivity index (χ2n) is 1.82. The molecule has 0 spiro atoms. The van der Waals surface area contributed by atoms with Crippen molar-refractivity contribution in [1.82, 2.24) is 0 Å². The molecule has 0 aromatic heterocycles. The quantitative estimate of drug-likeness (QED) is 0.458. The lowest BCUT2D eigenvalue weighted by Crippen LogP contribution is -2.14. The van der Waals surface area contributed by atoms with Gasteiger partial charge in [-0.15, -0.1) is 0 Å². The maximum absolute atomic E-state index is 8.39. The van der Waals surface area contributed by atoms with Crippen molar-refractivity contribution in [2.45, 2.75) is 0 Å². The van der Waals surface area contributed by atoms with Crippen molar-refractivity contribution in [3.05, 3.63) is 12.2 Å². The van der Waals surface area contributed by atoms with Crippen LogP contribution in [0, 0.1) is 0 Å². The van der Waals surface area contributed by atoms with Crippen molar-refractivity contribution in [1.29, 1.82) is 0 Å². The number of dihydropyridines is 1. The summed E-state index contributed by atoms with van der Waals surface area (Å²) in [6, 6.07) is 0. The number of nitrogens with zero attached hydrogens (tertiary/aromatic N) is 2. The van der Waals surface area contributed by atoms with E-state index in [-0.39, 0.29) is 0 Å². The Kier molecular flexibility index (Phi) is 2.36. The van der Waals surface area contributed by atoms with Crippen molar-refractivity contribution in [3.8, 4) is 0 Å². The second-order valence-corrected chi connectivity index (χ2v) is 1.82. The van der Waals surface area contributed by atoms with Gasteiger partial charge in [-0.2, -0.15) is 0 Å². The summed E-state index contributed by atoms with van der Waals surface area (Å²) in [5.41, 5.74) is 0.581. The van der Waals surface area contributed by atoms with Gasteiger partial charge in [0.1, 0.15) is 0 Å². The molecule has 4 nitrogen and oxygen atoms in total. The van der Waals surface area contributed by atoms with Crippen LogP contribution in [0.4, 0.5) is 0 Å². The molecule has 5 heteroatoms. The summed E-state index contributed by atoms with van der Waals surface area (Å²) in [5.74, 6) is 0. The Labute approximate surface area is 58.8 Å². The van der Waals surface area contributed by atoms with Crippen LogP contribution in [0.1, 0.15) is 0 Å². The molecule has 1 aliphatic heterocycles. The highest BCUT2D eigenvalue weighted by Crippen LogP contribution is 1.89. The molecule has 0 saturated heterocycles. The van der Waals surface area contributed by atoms with E-state index in [2.05, 4.69) is 9.90 Å². The maximum atomic E-state index is 8.39. The van der Waals surface area contributed by atoms with Crippen LogP contribution in [0.3, 0.4) is 0 Å². The Balaban J connectivity index is 2.58. The van der Waals surface area contributed by atoms with Gasteiger partial charge >= 0.3 is 7.25 Å². The lowest BCUT2D eigenvalue weighted by molar-refractivity contribution is 0.410. The van der Waals surface area contributed by atoms with Gasteiger partial charge in [0.15, 0.2) is 0 Å². The fourth-order valence-corrected chi connectivity index (χ4v) is 0.646. The van der Waals surface area contributed by atoms with Gasteiger partial charge in [0.2, 0.25) is 0 Å². The third-order valence-corrected chi connectivity index (χ3v) is 1.01. The van der Waals surface area contributed by atoms with Gasteiger partial charge in [0.05, 0.1) is 6.54 Å². The monoisotopic (exact) mass is 138 g/mol. The van der Waals surface area contributed by atoms with E-state index in [1.807, 2.05) is 0 Å². The van der Waals surface area contributed by atoms with Crippen LogP contribution < -0.4 is 0 Å². The van der Waals surface area contributed by atoms with Gasteiger partial charge in [-0.25, -0.2) is 0 Å². The lowest BCUT2D eigenvalue weighted by Gasteiger charge is -1.99. The Bertz CT molecular complexity index is 198. The van der Waals surface area contributed by atoms with E-state index in [9.17, 15) is 0 Å². The van der Waals surface area contributed by atoms with Crippen LogP contribution >= 0.6 is 0 Å². The molecule has 0 unspecified atom stereocenters. The highest BCUT2D eigenvalue weighted by molar-refractivity contribution is 6.42. The normalized spacial score (nSPS) is 20.0. The van der Waals surface area contributed by atoms with E-state index in [1.54, 1.807) is 18.4 Å². The third kappa shape index (κ3) is 2.12. The molecule has 0 fully saturated rings. The largest absolute Gasteiger partial charge is 0.606 e. The van der Waals surface area contributed by atoms with E-state index < -0.39 is 7.25 Å². The molecule has 10 heavy (non-hydrogen) atoms. The molecule has 0 aromatic rings. The van der Waals surface area contributed by atoms with Crippen molar-refractivity contribution in [3.63, 3.8) is 0 Å². The molecule has 52 valence electrons. The summed E-state index contributed by atoms with van der Waals surface area (Å²) < 4.78 is 0. The average molecular weight is 138 g/mol. The minimum Gasteiger partial charge on any atom is -0.407 e. The van der Waals surface area contributed by atoms with Crippen LogP contribution in [0.5, 0.6) is 0 Å². The van der Waals surface area contributed by atoms with Crippen molar-refractivity contribution >= 4 is 19.2 Å². The summed E-state index contributed by atoms with van der Waals surface area (Å²) in [6.07, 6.45) is 5.03. The first-order valence-electron chi connectivity index (χ1n) is 2.88. The standard InChI is InChI=1S/C5H7BN2O2/c9-6(10)8-5-2-1-3-7-4-5/h1-3,9-10H,4H2. The Hall–Kier alpha value is -0.935. The third-order valence-electron chi connectivity index (χ3n) is 1.01. The van der Waals surface area contributed by atoms with Gasteiger partial charge in [-0.05, 0) is 12.2 Å². The predicted octanol–water partition coefficient (Wildman–Crippen LogP) is -0.963. The smallest absolute Gasteiger partial charge is 0.407 e. The van der Waals surface area contributed by atoms with Gasteiger partial charge in [-0.1, -0.05) is 0 Å². The first kappa shape index (κ1) is 7.18. The van der Waals surface area contributed by atoms with Gasteiger partial charge in [0.25, 0.3) is 0 Å². The first-order chi connectivity index (χ1) is 4.79. The maximum Gasteiger partial charge on any atom is 0.606 e. The molecule has 0 aliphatic carbocycles. The molecular weight excluding hydrogens is 131 g/mol. The molecule has 0 atom stereocenters. The highest BCUT2D eigenvalue weighted by atomic mass is 16.4. The summed E-state index contributed by atoms with van der Waals surface area (Å²) >= 11 is 0. The Morgan fingerprint density at radius 1 is 1.60 bits per heavy atom. The molecule has 2 N–H and O–H groups in total. The van der Waals surface area contributed by atoms with Gasteiger partial charge in [-0.3, -0.25) is 9.90 Å². The molecule has 1 heterocycles. The van der Waals surface area contributed by atoms with Gasteiger partial charge < -0.3 is 10.0 Å². The zero-order valence-corrected chi connectivity index (χ0v) is 5.31.